The molecule has 0 aromatic heterocycles. The van der Waals surface area contributed by atoms with Crippen molar-refractivity contribution in [2.75, 3.05) is 5.75 Å². The highest BCUT2D eigenvalue weighted by molar-refractivity contribution is 7.91. The quantitative estimate of drug-likeness (QED) is 0.606. The fourth-order valence-corrected chi connectivity index (χ4v) is 2.46. The molecule has 0 bridgehead atoms. The number of benzene rings is 1. The highest BCUT2D eigenvalue weighted by atomic mass is 32.2. The maximum atomic E-state index is 11.6. The Morgan fingerprint density at radius 1 is 1.20 bits per heavy atom. The molecule has 1 aromatic carbocycles. The van der Waals surface area contributed by atoms with Crippen molar-refractivity contribution >= 4 is 16.1 Å². The van der Waals surface area contributed by atoms with E-state index >= 15 is 0 Å². The van der Waals surface area contributed by atoms with Gasteiger partial charge in [-0.25, -0.2) is 8.42 Å². The van der Waals surface area contributed by atoms with Gasteiger partial charge in [0.05, 0.1) is 10.6 Å². The number of rotatable bonds is 5. The number of carbonyl (C=O) groups excluding carboxylic acids is 1. The number of hydrogen-bond acceptors (Lipinski definition) is 4. The number of sulfone groups is 1. The van der Waals surface area contributed by atoms with E-state index in [-0.39, 0.29) is 22.8 Å². The monoisotopic (exact) mass is 228 g/mol. The van der Waals surface area contributed by atoms with Crippen molar-refractivity contribution in [2.24, 2.45) is 0 Å². The third-order valence-corrected chi connectivity index (χ3v) is 3.75. The smallest absolute Gasteiger partial charge is 0.178 e. The van der Waals surface area contributed by atoms with Crippen molar-refractivity contribution in [3.8, 4) is 5.75 Å². The van der Waals surface area contributed by atoms with Gasteiger partial charge in [-0.2, -0.15) is 0 Å². The minimum atomic E-state index is -3.32. The maximum Gasteiger partial charge on any atom is 0.178 e. The molecule has 0 aliphatic heterocycles. The summed E-state index contributed by atoms with van der Waals surface area (Å²) in [6.45, 7) is 0. The van der Waals surface area contributed by atoms with Crippen molar-refractivity contribution in [1.82, 2.24) is 0 Å². The zero-order valence-corrected chi connectivity index (χ0v) is 8.90. The number of unbranched alkanes of at least 4 members (excludes halogenated alkanes) is 1. The van der Waals surface area contributed by atoms with Crippen LogP contribution in [0.15, 0.2) is 29.2 Å². The van der Waals surface area contributed by atoms with Gasteiger partial charge in [-0.1, -0.05) is 0 Å². The Bertz CT molecular complexity index is 419. The predicted molar refractivity (Wildman–Crippen MR) is 55.5 cm³/mol. The van der Waals surface area contributed by atoms with Gasteiger partial charge in [-0.15, -0.1) is 0 Å². The van der Waals surface area contributed by atoms with Gasteiger partial charge >= 0.3 is 0 Å². The Morgan fingerprint density at radius 3 is 2.33 bits per heavy atom. The van der Waals surface area contributed by atoms with Crippen LogP contribution in [0.3, 0.4) is 0 Å². The van der Waals surface area contributed by atoms with Crippen LogP contribution < -0.4 is 0 Å². The molecule has 5 heteroatoms. The molecule has 4 nitrogen and oxygen atoms in total. The molecule has 0 fully saturated rings. The van der Waals surface area contributed by atoms with Gasteiger partial charge in [-0.3, -0.25) is 0 Å². The molecule has 0 saturated carbocycles. The van der Waals surface area contributed by atoms with Crippen LogP contribution in [-0.4, -0.2) is 25.6 Å². The molecule has 0 atom stereocenters. The lowest BCUT2D eigenvalue weighted by Crippen LogP contribution is -2.06. The molecule has 82 valence electrons. The van der Waals surface area contributed by atoms with E-state index < -0.39 is 9.84 Å². The highest BCUT2D eigenvalue weighted by Crippen LogP contribution is 2.16. The minimum absolute atomic E-state index is 0.0295. The van der Waals surface area contributed by atoms with Crippen LogP contribution in [0.2, 0.25) is 0 Å². The Hall–Kier alpha value is -1.36. The highest BCUT2D eigenvalue weighted by Gasteiger charge is 2.13. The molecule has 0 radical (unpaired) electrons. The van der Waals surface area contributed by atoms with Gasteiger partial charge in [0, 0.05) is 6.42 Å². The van der Waals surface area contributed by atoms with E-state index in [0.717, 1.165) is 0 Å². The second-order valence-corrected chi connectivity index (χ2v) is 5.23. The van der Waals surface area contributed by atoms with E-state index in [2.05, 4.69) is 0 Å². The van der Waals surface area contributed by atoms with Gasteiger partial charge in [0.1, 0.15) is 12.0 Å². The molecule has 0 aliphatic rings. The second-order valence-electron chi connectivity index (χ2n) is 3.12. The third kappa shape index (κ3) is 3.36. The zero-order chi connectivity index (χ0) is 11.3. The van der Waals surface area contributed by atoms with Crippen LogP contribution in [0.25, 0.3) is 0 Å². The largest absolute Gasteiger partial charge is 0.508 e. The SMILES string of the molecule is O=CCCCS(=O)(=O)c1ccc(O)cc1. The summed E-state index contributed by atoms with van der Waals surface area (Å²) >= 11 is 0. The fraction of sp³-hybridized carbons (Fsp3) is 0.300. The molecule has 1 N–H and O–H groups in total. The second kappa shape index (κ2) is 4.93. The van der Waals surface area contributed by atoms with E-state index in [9.17, 15) is 13.2 Å². The zero-order valence-electron chi connectivity index (χ0n) is 8.09. The number of phenolic OH excluding ortho intramolecular Hbond substituents is 1. The van der Waals surface area contributed by atoms with E-state index in [0.29, 0.717) is 12.7 Å². The van der Waals surface area contributed by atoms with Gasteiger partial charge in [0.25, 0.3) is 0 Å². The lowest BCUT2D eigenvalue weighted by atomic mass is 10.3. The Kier molecular flexibility index (Phi) is 3.85. The Balaban J connectivity index is 2.77. The predicted octanol–water partition coefficient (Wildman–Crippen LogP) is 1.15. The summed E-state index contributed by atoms with van der Waals surface area (Å²) in [6, 6.07) is 5.36. The number of aldehydes is 1. The van der Waals surface area contributed by atoms with Gasteiger partial charge in [-0.05, 0) is 30.7 Å². The Labute approximate surface area is 88.5 Å². The van der Waals surface area contributed by atoms with Crippen molar-refractivity contribution in [3.63, 3.8) is 0 Å². The molecular formula is C10H12O4S. The minimum Gasteiger partial charge on any atom is -0.508 e. The average Bonchev–Trinajstić information content (AvgIpc) is 2.18. The van der Waals surface area contributed by atoms with Gasteiger partial charge in [0.15, 0.2) is 9.84 Å². The molecular weight excluding hydrogens is 216 g/mol. The topological polar surface area (TPSA) is 71.4 Å². The van der Waals surface area contributed by atoms with Crippen LogP contribution in [-0.2, 0) is 14.6 Å². The summed E-state index contributed by atoms with van der Waals surface area (Å²) in [5.74, 6) is -0.0156. The first-order chi connectivity index (χ1) is 7.06. The van der Waals surface area contributed by atoms with Crippen LogP contribution >= 0.6 is 0 Å². The van der Waals surface area contributed by atoms with E-state index in [1.54, 1.807) is 0 Å². The molecule has 0 aliphatic carbocycles. The van der Waals surface area contributed by atoms with Crippen LogP contribution in [0.1, 0.15) is 12.8 Å². The standard InChI is InChI=1S/C10H12O4S/c11-7-1-2-8-15(13,14)10-5-3-9(12)4-6-10/h3-7,12H,1-2,8H2. The summed E-state index contributed by atoms with van der Waals surface area (Å²) in [5, 5.41) is 9.00. The first-order valence-electron chi connectivity index (χ1n) is 4.52. The lowest BCUT2D eigenvalue weighted by Gasteiger charge is -2.02. The van der Waals surface area contributed by atoms with Crippen molar-refractivity contribution in [3.05, 3.63) is 24.3 Å². The third-order valence-electron chi connectivity index (χ3n) is 1.93. The van der Waals surface area contributed by atoms with E-state index in [1.165, 1.54) is 24.3 Å². The summed E-state index contributed by atoms with van der Waals surface area (Å²) in [5.41, 5.74) is 0. The van der Waals surface area contributed by atoms with Crippen LogP contribution in [0.4, 0.5) is 0 Å². The fourth-order valence-electron chi connectivity index (χ4n) is 1.13. The van der Waals surface area contributed by atoms with Gasteiger partial charge < -0.3 is 9.90 Å². The molecule has 1 aromatic rings. The first-order valence-corrected chi connectivity index (χ1v) is 6.17. The molecule has 0 spiro atoms. The molecule has 0 heterocycles. The summed E-state index contributed by atoms with van der Waals surface area (Å²) < 4.78 is 23.2. The summed E-state index contributed by atoms with van der Waals surface area (Å²) in [6.07, 6.45) is 1.27. The van der Waals surface area contributed by atoms with Crippen LogP contribution in [0, 0.1) is 0 Å². The van der Waals surface area contributed by atoms with Crippen molar-refractivity contribution < 1.29 is 18.3 Å². The first kappa shape index (κ1) is 11.7. The number of hydrogen-bond donors (Lipinski definition) is 1. The molecule has 15 heavy (non-hydrogen) atoms. The number of phenols is 1. The number of aromatic hydroxyl groups is 1. The summed E-state index contributed by atoms with van der Waals surface area (Å²) in [4.78, 5) is 10.2. The molecule has 0 saturated heterocycles. The van der Waals surface area contributed by atoms with E-state index in [1.807, 2.05) is 0 Å². The molecule has 0 amide bonds. The van der Waals surface area contributed by atoms with Crippen molar-refractivity contribution in [1.29, 1.82) is 0 Å². The number of carbonyl (C=O) groups is 1. The van der Waals surface area contributed by atoms with E-state index in [4.69, 9.17) is 5.11 Å². The Morgan fingerprint density at radius 2 is 1.80 bits per heavy atom. The van der Waals surface area contributed by atoms with Crippen LogP contribution in [0.5, 0.6) is 5.75 Å². The normalized spacial score (nSPS) is 11.2. The maximum absolute atomic E-state index is 11.6. The summed E-state index contributed by atoms with van der Waals surface area (Å²) in [7, 11) is -3.32. The lowest BCUT2D eigenvalue weighted by molar-refractivity contribution is -0.107. The van der Waals surface area contributed by atoms with Crippen molar-refractivity contribution in [2.45, 2.75) is 17.7 Å². The molecule has 0 unspecified atom stereocenters. The van der Waals surface area contributed by atoms with Gasteiger partial charge in [0.2, 0.25) is 0 Å². The average molecular weight is 228 g/mol. The molecule has 1 rings (SSSR count).